The van der Waals surface area contributed by atoms with E-state index in [9.17, 15) is 14.6 Å². The van der Waals surface area contributed by atoms with Crippen LogP contribution in [0, 0.1) is 19.7 Å². The minimum atomic E-state index is -1.24. The average molecular weight is 279 g/mol. The molecule has 2 atom stereocenters. The number of aryl methyl sites for hydroxylation is 1. The van der Waals surface area contributed by atoms with Gasteiger partial charge in [-0.2, -0.15) is 0 Å². The van der Waals surface area contributed by atoms with Crippen LogP contribution < -0.4 is 0 Å². The second-order valence-corrected chi connectivity index (χ2v) is 4.84. The Morgan fingerprint density at radius 3 is 2.50 bits per heavy atom. The summed E-state index contributed by atoms with van der Waals surface area (Å²) in [6.07, 6.45) is -2.41. The quantitative estimate of drug-likeness (QED) is 0.797. The maximum atomic E-state index is 13.3. The Kier molecular flexibility index (Phi) is 4.23. The van der Waals surface area contributed by atoms with Gasteiger partial charge in [-0.25, -0.2) is 4.39 Å². The van der Waals surface area contributed by atoms with E-state index in [0.29, 0.717) is 16.9 Å². The zero-order valence-corrected chi connectivity index (χ0v) is 11.4. The van der Waals surface area contributed by atoms with Crippen LogP contribution in [0.2, 0.25) is 0 Å². The molecule has 3 N–H and O–H groups in total. The highest BCUT2D eigenvalue weighted by molar-refractivity contribution is 5.42. The molecule has 1 aromatic heterocycles. The Labute approximate surface area is 116 Å². The molecular weight excluding hydrogens is 261 g/mol. The summed E-state index contributed by atoms with van der Waals surface area (Å²) in [7, 11) is 0. The van der Waals surface area contributed by atoms with Crippen LogP contribution in [-0.4, -0.2) is 32.6 Å². The largest absolute Gasteiger partial charge is 0.394 e. The molecule has 0 amide bonds. The molecule has 0 spiro atoms. The average Bonchev–Trinajstić information content (AvgIpc) is 2.72. The number of halogens is 1. The van der Waals surface area contributed by atoms with Crippen LogP contribution in [0.1, 0.15) is 23.1 Å². The highest BCUT2D eigenvalue weighted by Gasteiger charge is 2.23. The number of rotatable bonds is 4. The van der Waals surface area contributed by atoms with E-state index in [-0.39, 0.29) is 5.82 Å². The normalized spacial score (nSPS) is 14.3. The van der Waals surface area contributed by atoms with Crippen LogP contribution in [0.5, 0.6) is 0 Å². The van der Waals surface area contributed by atoms with Crippen LogP contribution in [0.25, 0.3) is 5.69 Å². The molecule has 2 aromatic rings. The van der Waals surface area contributed by atoms with Crippen molar-refractivity contribution in [1.82, 2.24) is 4.57 Å². The molecule has 0 radical (unpaired) electrons. The van der Waals surface area contributed by atoms with E-state index < -0.39 is 18.8 Å². The van der Waals surface area contributed by atoms with Crippen molar-refractivity contribution >= 4 is 0 Å². The van der Waals surface area contributed by atoms with Crippen molar-refractivity contribution in [2.24, 2.45) is 0 Å². The van der Waals surface area contributed by atoms with Gasteiger partial charge in [-0.15, -0.1) is 0 Å². The molecule has 0 saturated heterocycles. The number of hydrogen-bond acceptors (Lipinski definition) is 3. The Morgan fingerprint density at radius 2 is 1.90 bits per heavy atom. The fraction of sp³-hybridized carbons (Fsp3) is 0.333. The summed E-state index contributed by atoms with van der Waals surface area (Å²) < 4.78 is 15.1. The van der Waals surface area contributed by atoms with Gasteiger partial charge in [0.1, 0.15) is 18.0 Å². The van der Waals surface area contributed by atoms with Gasteiger partial charge in [0.15, 0.2) is 0 Å². The van der Waals surface area contributed by atoms with E-state index in [0.717, 1.165) is 5.69 Å². The third kappa shape index (κ3) is 2.60. The molecule has 1 aromatic carbocycles. The van der Waals surface area contributed by atoms with E-state index in [1.165, 1.54) is 12.1 Å². The number of benzene rings is 1. The van der Waals surface area contributed by atoms with Crippen molar-refractivity contribution in [3.63, 3.8) is 0 Å². The molecule has 0 aliphatic rings. The number of aromatic nitrogens is 1. The molecule has 108 valence electrons. The summed E-state index contributed by atoms with van der Waals surface area (Å²) in [5.74, 6) is -0.340. The molecule has 2 rings (SSSR count). The number of aliphatic hydroxyl groups excluding tert-OH is 3. The maximum absolute atomic E-state index is 13.3. The van der Waals surface area contributed by atoms with Gasteiger partial charge in [-0.1, -0.05) is 6.07 Å². The third-order valence-electron chi connectivity index (χ3n) is 3.41. The van der Waals surface area contributed by atoms with Crippen LogP contribution in [0.15, 0.2) is 30.3 Å². The molecule has 0 saturated carbocycles. The number of hydrogen-bond donors (Lipinski definition) is 3. The van der Waals surface area contributed by atoms with E-state index >= 15 is 0 Å². The summed E-state index contributed by atoms with van der Waals surface area (Å²) >= 11 is 0. The Morgan fingerprint density at radius 1 is 1.20 bits per heavy atom. The molecule has 0 fully saturated rings. The van der Waals surface area contributed by atoms with Crippen LogP contribution in [-0.2, 0) is 0 Å². The summed E-state index contributed by atoms with van der Waals surface area (Å²) in [6, 6.07) is 7.87. The van der Waals surface area contributed by atoms with Gasteiger partial charge in [0.25, 0.3) is 0 Å². The minimum Gasteiger partial charge on any atom is -0.394 e. The molecule has 0 bridgehead atoms. The third-order valence-corrected chi connectivity index (χ3v) is 3.41. The van der Waals surface area contributed by atoms with Gasteiger partial charge in [0.05, 0.1) is 6.61 Å². The lowest BCUT2D eigenvalue weighted by molar-refractivity contribution is -0.0155. The van der Waals surface area contributed by atoms with E-state index in [2.05, 4.69) is 0 Å². The van der Waals surface area contributed by atoms with Crippen molar-refractivity contribution in [3.8, 4) is 5.69 Å². The Bertz CT molecular complexity index is 609. The Balaban J connectivity index is 2.49. The van der Waals surface area contributed by atoms with Crippen molar-refractivity contribution in [2.75, 3.05) is 6.61 Å². The van der Waals surface area contributed by atoms with Gasteiger partial charge in [0.2, 0.25) is 0 Å². The maximum Gasteiger partial charge on any atom is 0.125 e. The number of nitrogens with zero attached hydrogens (tertiary/aromatic N) is 1. The molecule has 0 aliphatic heterocycles. The van der Waals surface area contributed by atoms with Crippen molar-refractivity contribution < 1.29 is 19.7 Å². The Hall–Kier alpha value is -1.69. The van der Waals surface area contributed by atoms with Gasteiger partial charge < -0.3 is 19.9 Å². The number of aliphatic hydroxyl groups is 3. The molecule has 1 heterocycles. The van der Waals surface area contributed by atoms with Gasteiger partial charge in [-0.3, -0.25) is 0 Å². The summed E-state index contributed by atoms with van der Waals surface area (Å²) in [4.78, 5) is 0. The lowest BCUT2D eigenvalue weighted by atomic mass is 10.1. The van der Waals surface area contributed by atoms with Gasteiger partial charge >= 0.3 is 0 Å². The smallest absolute Gasteiger partial charge is 0.125 e. The molecule has 2 unspecified atom stereocenters. The predicted molar refractivity (Wildman–Crippen MR) is 73.3 cm³/mol. The minimum absolute atomic E-state index is 0.340. The molecule has 0 aliphatic carbocycles. The molecular formula is C15H18FNO3. The topological polar surface area (TPSA) is 65.6 Å². The first-order valence-corrected chi connectivity index (χ1v) is 6.37. The van der Waals surface area contributed by atoms with Crippen LogP contribution in [0.4, 0.5) is 4.39 Å². The van der Waals surface area contributed by atoms with Crippen LogP contribution >= 0.6 is 0 Å². The predicted octanol–water partition coefficient (Wildman–Crippen LogP) is 1.62. The second-order valence-electron chi connectivity index (χ2n) is 4.84. The fourth-order valence-corrected chi connectivity index (χ4v) is 2.41. The lowest BCUT2D eigenvalue weighted by Gasteiger charge is -2.16. The lowest BCUT2D eigenvalue weighted by Crippen LogP contribution is -2.22. The summed E-state index contributed by atoms with van der Waals surface area (Å²) in [5, 5.41) is 28.5. The van der Waals surface area contributed by atoms with E-state index in [4.69, 9.17) is 5.11 Å². The fourth-order valence-electron chi connectivity index (χ4n) is 2.41. The van der Waals surface area contributed by atoms with Gasteiger partial charge in [0, 0.05) is 22.6 Å². The monoisotopic (exact) mass is 279 g/mol. The standard InChI is InChI=1S/C15H18FNO3/c1-9-6-13(15(20)14(19)8-18)10(2)17(9)12-5-3-4-11(16)7-12/h3-7,14-15,18-20H,8H2,1-2H3. The molecule has 4 nitrogen and oxygen atoms in total. The van der Waals surface area contributed by atoms with Crippen molar-refractivity contribution in [2.45, 2.75) is 26.1 Å². The zero-order valence-electron chi connectivity index (χ0n) is 11.4. The van der Waals surface area contributed by atoms with Crippen molar-refractivity contribution in [3.05, 3.63) is 53.1 Å². The van der Waals surface area contributed by atoms with Crippen molar-refractivity contribution in [1.29, 1.82) is 0 Å². The molecule has 20 heavy (non-hydrogen) atoms. The van der Waals surface area contributed by atoms with Gasteiger partial charge in [-0.05, 0) is 38.1 Å². The first-order chi connectivity index (χ1) is 9.45. The second kappa shape index (κ2) is 5.75. The highest BCUT2D eigenvalue weighted by atomic mass is 19.1. The highest BCUT2D eigenvalue weighted by Crippen LogP contribution is 2.27. The summed E-state index contributed by atoms with van der Waals surface area (Å²) in [5.41, 5.74) is 2.69. The zero-order chi connectivity index (χ0) is 14.9. The van der Waals surface area contributed by atoms with E-state index in [1.54, 1.807) is 29.7 Å². The van der Waals surface area contributed by atoms with E-state index in [1.807, 2.05) is 6.92 Å². The molecule has 5 heteroatoms. The summed E-state index contributed by atoms with van der Waals surface area (Å²) in [6.45, 7) is 3.09. The SMILES string of the molecule is Cc1cc(C(O)C(O)CO)c(C)n1-c1cccc(F)c1. The first-order valence-electron chi connectivity index (χ1n) is 6.37. The van der Waals surface area contributed by atoms with Crippen LogP contribution in [0.3, 0.4) is 0 Å². The first kappa shape index (κ1) is 14.7.